The average Bonchev–Trinajstić information content (AvgIpc) is 2.91. The second-order valence-corrected chi connectivity index (χ2v) is 11.6. The predicted molar refractivity (Wildman–Crippen MR) is 155 cm³/mol. The molecule has 1 atom stereocenters. The lowest BCUT2D eigenvalue weighted by molar-refractivity contribution is -0.140. The number of nitrogens with zero attached hydrogens (tertiary/aromatic N) is 2. The van der Waals surface area contributed by atoms with Crippen LogP contribution in [0.4, 0.5) is 5.69 Å². The second kappa shape index (κ2) is 13.7. The molecule has 3 aromatic carbocycles. The van der Waals surface area contributed by atoms with Gasteiger partial charge in [0.05, 0.1) is 11.9 Å². The molecule has 0 aliphatic rings. The van der Waals surface area contributed by atoms with Crippen LogP contribution in [0.1, 0.15) is 24.5 Å². The molecule has 0 spiro atoms. The highest BCUT2D eigenvalue weighted by atomic mass is 35.5. The number of sulfonamides is 1. The molecule has 3 aromatic rings. The highest BCUT2D eigenvalue weighted by Gasteiger charge is 2.31. The van der Waals surface area contributed by atoms with E-state index in [0.717, 1.165) is 16.1 Å². The molecule has 0 unspecified atom stereocenters. The van der Waals surface area contributed by atoms with Crippen LogP contribution in [0.5, 0.6) is 5.75 Å². The Morgan fingerprint density at radius 2 is 1.67 bits per heavy atom. The highest BCUT2D eigenvalue weighted by Crippen LogP contribution is 2.26. The summed E-state index contributed by atoms with van der Waals surface area (Å²) in [5.41, 5.74) is 1.85. The van der Waals surface area contributed by atoms with Crippen LogP contribution in [-0.4, -0.2) is 51.0 Å². The lowest BCUT2D eigenvalue weighted by Gasteiger charge is -2.32. The fraction of sp³-hybridized carbons (Fsp3) is 0.286. The molecule has 0 aliphatic heterocycles. The standard InChI is InChI=1S/C28H31Cl2N3O5S/c1-4-26(28(35)31-2)32(17-21-10-11-22(29)16-25(21)30)27(34)18-33(39(3,36)37)23-12-14-24(15-13-23)38-19-20-8-6-5-7-9-20/h5-16,26H,4,17-19H2,1-3H3,(H,31,35)/t26-/m1/s1. The largest absolute Gasteiger partial charge is 0.489 e. The Bertz CT molecular complexity index is 1390. The molecule has 208 valence electrons. The fourth-order valence-electron chi connectivity index (χ4n) is 3.98. The molecule has 0 fully saturated rings. The van der Waals surface area contributed by atoms with Gasteiger partial charge in [-0.25, -0.2) is 8.42 Å². The van der Waals surface area contributed by atoms with Gasteiger partial charge in [-0.15, -0.1) is 0 Å². The third kappa shape index (κ3) is 8.36. The van der Waals surface area contributed by atoms with E-state index in [4.69, 9.17) is 27.9 Å². The Balaban J connectivity index is 1.85. The van der Waals surface area contributed by atoms with Crippen molar-refractivity contribution >= 4 is 50.7 Å². The number of ether oxygens (including phenoxy) is 1. The lowest BCUT2D eigenvalue weighted by atomic mass is 10.1. The Labute approximate surface area is 239 Å². The predicted octanol–water partition coefficient (Wildman–Crippen LogP) is 4.89. The summed E-state index contributed by atoms with van der Waals surface area (Å²) in [6.45, 7) is 1.60. The van der Waals surface area contributed by atoms with Gasteiger partial charge in [0, 0.05) is 23.6 Å². The fourth-order valence-corrected chi connectivity index (χ4v) is 5.30. The van der Waals surface area contributed by atoms with Crippen LogP contribution < -0.4 is 14.4 Å². The molecule has 8 nitrogen and oxygen atoms in total. The number of amides is 2. The highest BCUT2D eigenvalue weighted by molar-refractivity contribution is 7.92. The number of hydrogen-bond acceptors (Lipinski definition) is 5. The van der Waals surface area contributed by atoms with Gasteiger partial charge in [0.2, 0.25) is 21.8 Å². The third-order valence-electron chi connectivity index (χ3n) is 6.04. The monoisotopic (exact) mass is 591 g/mol. The molecule has 0 aliphatic carbocycles. The second-order valence-electron chi connectivity index (χ2n) is 8.83. The van der Waals surface area contributed by atoms with Crippen LogP contribution in [0.2, 0.25) is 10.0 Å². The molecule has 39 heavy (non-hydrogen) atoms. The van der Waals surface area contributed by atoms with E-state index in [1.165, 1.54) is 11.9 Å². The summed E-state index contributed by atoms with van der Waals surface area (Å²) >= 11 is 12.4. The number of rotatable bonds is 12. The molecule has 0 aromatic heterocycles. The van der Waals surface area contributed by atoms with Crippen molar-refractivity contribution in [3.05, 3.63) is 94.0 Å². The lowest BCUT2D eigenvalue weighted by Crippen LogP contribution is -2.51. The normalized spacial score (nSPS) is 11.9. The summed E-state index contributed by atoms with van der Waals surface area (Å²) < 4.78 is 32.3. The number of halogens is 2. The van der Waals surface area contributed by atoms with E-state index in [-0.39, 0.29) is 18.1 Å². The summed E-state index contributed by atoms with van der Waals surface area (Å²) in [6, 6.07) is 20.1. The summed E-state index contributed by atoms with van der Waals surface area (Å²) in [5, 5.41) is 3.33. The zero-order valence-corrected chi connectivity index (χ0v) is 24.3. The number of carbonyl (C=O) groups is 2. The van der Waals surface area contributed by atoms with Crippen LogP contribution >= 0.6 is 23.2 Å². The van der Waals surface area contributed by atoms with Gasteiger partial charge in [-0.05, 0) is 53.9 Å². The minimum Gasteiger partial charge on any atom is -0.489 e. The van der Waals surface area contributed by atoms with Gasteiger partial charge in [0.15, 0.2) is 0 Å². The van der Waals surface area contributed by atoms with Crippen molar-refractivity contribution in [2.24, 2.45) is 0 Å². The molecule has 1 N–H and O–H groups in total. The summed E-state index contributed by atoms with van der Waals surface area (Å²) in [6.07, 6.45) is 1.33. The SMILES string of the molecule is CC[C@H](C(=O)NC)N(Cc1ccc(Cl)cc1Cl)C(=O)CN(c1ccc(OCc2ccccc2)cc1)S(C)(=O)=O. The zero-order chi connectivity index (χ0) is 28.6. The van der Waals surface area contributed by atoms with E-state index >= 15 is 0 Å². The van der Waals surface area contributed by atoms with Gasteiger partial charge in [-0.3, -0.25) is 13.9 Å². The van der Waals surface area contributed by atoms with Crippen LogP contribution in [0.25, 0.3) is 0 Å². The molecule has 2 amide bonds. The molecule has 3 rings (SSSR count). The first-order valence-electron chi connectivity index (χ1n) is 12.2. The van der Waals surface area contributed by atoms with Gasteiger partial charge in [-0.2, -0.15) is 0 Å². The maximum absolute atomic E-state index is 13.6. The van der Waals surface area contributed by atoms with Gasteiger partial charge in [-0.1, -0.05) is 66.5 Å². The maximum atomic E-state index is 13.6. The first-order chi connectivity index (χ1) is 18.5. The van der Waals surface area contributed by atoms with Gasteiger partial charge >= 0.3 is 0 Å². The molecular weight excluding hydrogens is 561 g/mol. The first kappa shape index (κ1) is 30.3. The van der Waals surface area contributed by atoms with Crippen molar-refractivity contribution in [3.8, 4) is 5.75 Å². The van der Waals surface area contributed by atoms with Crippen molar-refractivity contribution < 1.29 is 22.7 Å². The van der Waals surface area contributed by atoms with E-state index in [1.807, 2.05) is 30.3 Å². The Morgan fingerprint density at radius 1 is 1.00 bits per heavy atom. The number of benzene rings is 3. The van der Waals surface area contributed by atoms with Crippen molar-refractivity contribution in [2.45, 2.75) is 32.5 Å². The molecule has 0 saturated carbocycles. The van der Waals surface area contributed by atoms with E-state index in [2.05, 4.69) is 5.32 Å². The number of likely N-dealkylation sites (N-methyl/N-ethyl adjacent to an activating group) is 1. The van der Waals surface area contributed by atoms with E-state index in [1.54, 1.807) is 49.4 Å². The third-order valence-corrected chi connectivity index (χ3v) is 7.77. The summed E-state index contributed by atoms with van der Waals surface area (Å²) in [7, 11) is -2.38. The van der Waals surface area contributed by atoms with Crippen LogP contribution in [-0.2, 0) is 32.8 Å². The van der Waals surface area contributed by atoms with Crippen molar-refractivity contribution in [1.82, 2.24) is 10.2 Å². The van der Waals surface area contributed by atoms with Crippen molar-refractivity contribution in [1.29, 1.82) is 0 Å². The molecular formula is C28H31Cl2N3O5S. The van der Waals surface area contributed by atoms with Crippen molar-refractivity contribution in [2.75, 3.05) is 24.2 Å². The van der Waals surface area contributed by atoms with Crippen LogP contribution in [0, 0.1) is 0 Å². The summed E-state index contributed by atoms with van der Waals surface area (Å²) in [4.78, 5) is 27.7. The Morgan fingerprint density at radius 3 is 2.23 bits per heavy atom. The maximum Gasteiger partial charge on any atom is 0.244 e. The van der Waals surface area contributed by atoms with Crippen LogP contribution in [0.3, 0.4) is 0 Å². The average molecular weight is 593 g/mol. The van der Waals surface area contributed by atoms with E-state index in [9.17, 15) is 18.0 Å². The molecule has 0 bridgehead atoms. The zero-order valence-electron chi connectivity index (χ0n) is 21.9. The number of carbonyl (C=O) groups excluding carboxylic acids is 2. The van der Waals surface area contributed by atoms with Crippen LogP contribution in [0.15, 0.2) is 72.8 Å². The number of hydrogen-bond donors (Lipinski definition) is 1. The van der Waals surface area contributed by atoms with E-state index < -0.39 is 28.5 Å². The topological polar surface area (TPSA) is 96.0 Å². The van der Waals surface area contributed by atoms with Gasteiger partial charge in [0.1, 0.15) is 24.9 Å². The minimum atomic E-state index is -3.86. The quantitative estimate of drug-likeness (QED) is 0.323. The summed E-state index contributed by atoms with van der Waals surface area (Å²) in [5.74, 6) is -0.389. The van der Waals surface area contributed by atoms with Gasteiger partial charge < -0.3 is 15.0 Å². The van der Waals surface area contributed by atoms with Gasteiger partial charge in [0.25, 0.3) is 0 Å². The van der Waals surface area contributed by atoms with Crippen molar-refractivity contribution in [3.63, 3.8) is 0 Å². The van der Waals surface area contributed by atoms with E-state index in [0.29, 0.717) is 34.4 Å². The molecule has 0 saturated heterocycles. The Kier molecular flexibility index (Phi) is 10.6. The smallest absolute Gasteiger partial charge is 0.244 e. The molecule has 0 heterocycles. The first-order valence-corrected chi connectivity index (χ1v) is 14.8. The number of nitrogens with one attached hydrogen (secondary N) is 1. The minimum absolute atomic E-state index is 0.00930. The Hall–Kier alpha value is -3.27. The molecule has 0 radical (unpaired) electrons. The molecule has 11 heteroatoms. The number of anilines is 1.